The summed E-state index contributed by atoms with van der Waals surface area (Å²) in [5, 5.41) is 8.68. The lowest BCUT2D eigenvalue weighted by Crippen LogP contribution is -2.42. The molecule has 0 radical (unpaired) electrons. The molecule has 0 aromatic rings. The molecule has 1 saturated heterocycles. The zero-order valence-corrected chi connectivity index (χ0v) is 11.2. The zero-order chi connectivity index (χ0) is 12.9. The van der Waals surface area contributed by atoms with E-state index in [0.717, 1.165) is 25.9 Å². The SMILES string of the molecule is CC(C)(C)C(=O)CN1CCC(OCCO)CC1. The molecule has 0 spiro atoms. The molecule has 0 aromatic carbocycles. The maximum absolute atomic E-state index is 11.9. The van der Waals surface area contributed by atoms with Crippen LogP contribution in [0.4, 0.5) is 0 Å². The Morgan fingerprint density at radius 3 is 2.41 bits per heavy atom. The summed E-state index contributed by atoms with van der Waals surface area (Å²) in [6.45, 7) is 8.78. The fourth-order valence-corrected chi connectivity index (χ4v) is 1.89. The second kappa shape index (κ2) is 6.47. The van der Waals surface area contributed by atoms with Crippen molar-refractivity contribution < 1.29 is 14.6 Å². The average molecular weight is 243 g/mol. The molecule has 1 rings (SSSR count). The first-order valence-corrected chi connectivity index (χ1v) is 6.41. The lowest BCUT2D eigenvalue weighted by molar-refractivity contribution is -0.128. The van der Waals surface area contributed by atoms with E-state index in [1.807, 2.05) is 20.8 Å². The van der Waals surface area contributed by atoms with Gasteiger partial charge < -0.3 is 9.84 Å². The van der Waals surface area contributed by atoms with Crippen molar-refractivity contribution in [2.24, 2.45) is 5.41 Å². The molecule has 1 N–H and O–H groups in total. The third-order valence-electron chi connectivity index (χ3n) is 3.18. The summed E-state index contributed by atoms with van der Waals surface area (Å²) in [5.74, 6) is 0.298. The molecule has 0 amide bonds. The number of rotatable bonds is 5. The van der Waals surface area contributed by atoms with Crippen LogP contribution in [0, 0.1) is 5.41 Å². The van der Waals surface area contributed by atoms with Crippen LogP contribution in [0.25, 0.3) is 0 Å². The molecule has 1 aliphatic heterocycles. The molecule has 0 unspecified atom stereocenters. The van der Waals surface area contributed by atoms with Gasteiger partial charge in [-0.3, -0.25) is 9.69 Å². The summed E-state index contributed by atoms with van der Waals surface area (Å²) in [6, 6.07) is 0. The lowest BCUT2D eigenvalue weighted by atomic mass is 9.90. The van der Waals surface area contributed by atoms with E-state index < -0.39 is 0 Å². The maximum atomic E-state index is 11.9. The van der Waals surface area contributed by atoms with E-state index in [0.29, 0.717) is 18.9 Å². The fraction of sp³-hybridized carbons (Fsp3) is 0.923. The number of hydrogen-bond donors (Lipinski definition) is 1. The quantitative estimate of drug-likeness (QED) is 0.785. The Kier molecular flexibility index (Phi) is 5.56. The summed E-state index contributed by atoms with van der Waals surface area (Å²) < 4.78 is 5.49. The predicted molar refractivity (Wildman–Crippen MR) is 67.0 cm³/mol. The van der Waals surface area contributed by atoms with Gasteiger partial charge in [-0.05, 0) is 12.8 Å². The Morgan fingerprint density at radius 1 is 1.35 bits per heavy atom. The number of aliphatic hydroxyl groups excluding tert-OH is 1. The first kappa shape index (κ1) is 14.6. The number of carbonyl (C=O) groups is 1. The van der Waals surface area contributed by atoms with Gasteiger partial charge in [-0.25, -0.2) is 0 Å². The normalized spacial score (nSPS) is 19.5. The number of likely N-dealkylation sites (tertiary alicyclic amines) is 1. The van der Waals surface area contributed by atoms with E-state index in [1.54, 1.807) is 0 Å². The van der Waals surface area contributed by atoms with Gasteiger partial charge in [0.25, 0.3) is 0 Å². The number of ether oxygens (including phenoxy) is 1. The standard InChI is InChI=1S/C13H25NO3/c1-13(2,3)12(16)10-14-6-4-11(5-7-14)17-9-8-15/h11,15H,4-10H2,1-3H3. The topological polar surface area (TPSA) is 49.8 Å². The second-order valence-electron chi connectivity index (χ2n) is 5.74. The van der Waals surface area contributed by atoms with Crippen molar-refractivity contribution in [3.05, 3.63) is 0 Å². The Morgan fingerprint density at radius 2 is 1.94 bits per heavy atom. The molecule has 0 aromatic heterocycles. The summed E-state index contributed by atoms with van der Waals surface area (Å²) in [7, 11) is 0. The highest BCUT2D eigenvalue weighted by molar-refractivity contribution is 5.85. The molecular formula is C13H25NO3. The van der Waals surface area contributed by atoms with Crippen LogP contribution in [0.3, 0.4) is 0 Å². The van der Waals surface area contributed by atoms with Crippen LogP contribution in [-0.2, 0) is 9.53 Å². The van der Waals surface area contributed by atoms with Gasteiger partial charge >= 0.3 is 0 Å². The van der Waals surface area contributed by atoms with Crippen LogP contribution in [0.1, 0.15) is 33.6 Å². The van der Waals surface area contributed by atoms with Crippen molar-refractivity contribution in [1.82, 2.24) is 4.90 Å². The number of Topliss-reactive ketones (excluding diaryl/α,β-unsaturated/α-hetero) is 1. The first-order valence-electron chi connectivity index (χ1n) is 6.41. The molecule has 100 valence electrons. The third kappa shape index (κ3) is 5.15. The minimum atomic E-state index is -0.246. The second-order valence-corrected chi connectivity index (χ2v) is 5.74. The molecule has 0 atom stereocenters. The van der Waals surface area contributed by atoms with Gasteiger partial charge in [0.2, 0.25) is 0 Å². The van der Waals surface area contributed by atoms with Crippen LogP contribution < -0.4 is 0 Å². The van der Waals surface area contributed by atoms with E-state index in [2.05, 4.69) is 4.90 Å². The Hall–Kier alpha value is -0.450. The Balaban J connectivity index is 2.25. The molecular weight excluding hydrogens is 218 g/mol. The van der Waals surface area contributed by atoms with Crippen molar-refractivity contribution in [3.8, 4) is 0 Å². The minimum absolute atomic E-state index is 0.0860. The van der Waals surface area contributed by atoms with E-state index in [-0.39, 0.29) is 18.1 Å². The molecule has 1 aliphatic rings. The number of piperidine rings is 1. The van der Waals surface area contributed by atoms with Gasteiger partial charge in [0, 0.05) is 18.5 Å². The Labute approximate surface area is 104 Å². The number of hydrogen-bond acceptors (Lipinski definition) is 4. The number of carbonyl (C=O) groups excluding carboxylic acids is 1. The van der Waals surface area contributed by atoms with Crippen molar-refractivity contribution in [2.45, 2.75) is 39.7 Å². The molecule has 1 fully saturated rings. The smallest absolute Gasteiger partial charge is 0.152 e. The number of ketones is 1. The van der Waals surface area contributed by atoms with Crippen LogP contribution >= 0.6 is 0 Å². The summed E-state index contributed by atoms with van der Waals surface area (Å²) >= 11 is 0. The van der Waals surface area contributed by atoms with Gasteiger partial charge in [-0.1, -0.05) is 20.8 Å². The zero-order valence-electron chi connectivity index (χ0n) is 11.2. The highest BCUT2D eigenvalue weighted by atomic mass is 16.5. The summed E-state index contributed by atoms with van der Waals surface area (Å²) in [6.07, 6.45) is 2.16. The van der Waals surface area contributed by atoms with E-state index >= 15 is 0 Å². The average Bonchev–Trinajstić information content (AvgIpc) is 2.27. The van der Waals surface area contributed by atoms with E-state index in [9.17, 15) is 4.79 Å². The van der Waals surface area contributed by atoms with Crippen LogP contribution in [0.15, 0.2) is 0 Å². The van der Waals surface area contributed by atoms with E-state index in [1.165, 1.54) is 0 Å². The first-order chi connectivity index (χ1) is 7.93. The highest BCUT2D eigenvalue weighted by Gasteiger charge is 2.26. The van der Waals surface area contributed by atoms with Gasteiger partial charge in [0.05, 0.1) is 25.9 Å². The molecule has 0 bridgehead atoms. The molecule has 17 heavy (non-hydrogen) atoms. The summed E-state index contributed by atoms with van der Waals surface area (Å²) in [4.78, 5) is 14.1. The molecule has 1 heterocycles. The maximum Gasteiger partial charge on any atom is 0.152 e. The van der Waals surface area contributed by atoms with Crippen LogP contribution in [0.2, 0.25) is 0 Å². The van der Waals surface area contributed by atoms with Gasteiger partial charge in [0.15, 0.2) is 5.78 Å². The number of aliphatic hydroxyl groups is 1. The summed E-state index contributed by atoms with van der Waals surface area (Å²) in [5.41, 5.74) is -0.246. The van der Waals surface area contributed by atoms with E-state index in [4.69, 9.17) is 9.84 Å². The predicted octanol–water partition coefficient (Wildman–Crippen LogP) is 1.07. The van der Waals surface area contributed by atoms with Gasteiger partial charge in [-0.2, -0.15) is 0 Å². The molecule has 4 heteroatoms. The Bertz CT molecular complexity index is 240. The van der Waals surface area contributed by atoms with Crippen molar-refractivity contribution in [2.75, 3.05) is 32.8 Å². The van der Waals surface area contributed by atoms with Crippen molar-refractivity contribution in [1.29, 1.82) is 0 Å². The molecule has 4 nitrogen and oxygen atoms in total. The highest BCUT2D eigenvalue weighted by Crippen LogP contribution is 2.18. The van der Waals surface area contributed by atoms with Crippen LogP contribution in [-0.4, -0.2) is 54.7 Å². The largest absolute Gasteiger partial charge is 0.394 e. The van der Waals surface area contributed by atoms with Gasteiger partial charge in [-0.15, -0.1) is 0 Å². The molecule has 0 aliphatic carbocycles. The lowest BCUT2D eigenvalue weighted by Gasteiger charge is -2.32. The number of nitrogens with zero attached hydrogens (tertiary/aromatic N) is 1. The minimum Gasteiger partial charge on any atom is -0.394 e. The third-order valence-corrected chi connectivity index (χ3v) is 3.18. The van der Waals surface area contributed by atoms with Crippen molar-refractivity contribution >= 4 is 5.78 Å². The molecule has 0 saturated carbocycles. The van der Waals surface area contributed by atoms with Crippen LogP contribution in [0.5, 0.6) is 0 Å². The van der Waals surface area contributed by atoms with Crippen molar-refractivity contribution in [3.63, 3.8) is 0 Å². The van der Waals surface area contributed by atoms with Gasteiger partial charge in [0.1, 0.15) is 0 Å². The fourth-order valence-electron chi connectivity index (χ4n) is 1.89. The monoisotopic (exact) mass is 243 g/mol.